The smallest absolute Gasteiger partial charge is 0.409 e. The van der Waals surface area contributed by atoms with Crippen LogP contribution in [0.15, 0.2) is 84.9 Å². The van der Waals surface area contributed by atoms with Gasteiger partial charge in [0.1, 0.15) is 24.0 Å². The van der Waals surface area contributed by atoms with Crippen molar-refractivity contribution in [2.75, 3.05) is 67.6 Å². The fourth-order valence-electron chi connectivity index (χ4n) is 6.55. The van der Waals surface area contributed by atoms with Gasteiger partial charge in [0.05, 0.1) is 79.2 Å². The minimum absolute atomic E-state index is 0.00934. The van der Waals surface area contributed by atoms with Gasteiger partial charge in [-0.15, -0.1) is 10.1 Å². The Labute approximate surface area is 321 Å². The quantitative estimate of drug-likeness (QED) is 0.0354. The van der Waals surface area contributed by atoms with Gasteiger partial charge in [0.15, 0.2) is 0 Å². The molecule has 14 heteroatoms. The standard InChI is InChI=1S/C41H50N2O12/c1-47-29-54-39-26-42(41(44)52-20-8-9-22-55-43(45)46)25-38(53-27-30-23-32-11-4-6-13-35(32)37(24-30)49-3)40(39)31-15-17-34(18-16-31)51-21-10-19-50-28-33-12-5-7-14-36(33)48-2/h4-7,11-18,23-24,38-40H,8-10,19-22,25-29H2,1-3H3. The maximum Gasteiger partial charge on any atom is 0.409 e. The molecule has 0 aliphatic carbocycles. The van der Waals surface area contributed by atoms with Gasteiger partial charge in [-0.1, -0.05) is 54.6 Å². The molecule has 296 valence electrons. The van der Waals surface area contributed by atoms with E-state index in [0.717, 1.165) is 39.0 Å². The molecular formula is C41H50N2O12. The molecule has 0 N–H and O–H groups in total. The number of unbranched alkanes of at least 4 members (excludes halogenated alkanes) is 1. The first kappa shape index (κ1) is 41.0. The Hall–Kier alpha value is -5.15. The molecule has 1 heterocycles. The molecule has 1 aliphatic rings. The molecule has 4 aromatic rings. The number of hydrogen-bond acceptors (Lipinski definition) is 12. The van der Waals surface area contributed by atoms with Crippen LogP contribution >= 0.6 is 0 Å². The van der Waals surface area contributed by atoms with Crippen molar-refractivity contribution < 1.29 is 52.6 Å². The highest BCUT2D eigenvalue weighted by Gasteiger charge is 2.41. The van der Waals surface area contributed by atoms with E-state index in [4.69, 9.17) is 37.9 Å². The number of nitrogens with zero attached hydrogens (tertiary/aromatic N) is 2. The lowest BCUT2D eigenvalue weighted by atomic mass is 9.84. The topological polar surface area (TPSA) is 147 Å². The fraction of sp³-hybridized carbons (Fsp3) is 0.439. The second kappa shape index (κ2) is 21.7. The van der Waals surface area contributed by atoms with Crippen molar-refractivity contribution >= 4 is 16.9 Å². The van der Waals surface area contributed by atoms with E-state index in [0.29, 0.717) is 44.8 Å². The number of benzene rings is 4. The molecule has 55 heavy (non-hydrogen) atoms. The molecule has 0 saturated carbocycles. The number of carbonyl (C=O) groups is 1. The van der Waals surface area contributed by atoms with E-state index in [2.05, 4.69) is 10.9 Å². The number of amides is 1. The van der Waals surface area contributed by atoms with Crippen LogP contribution in [0.1, 0.15) is 41.9 Å². The van der Waals surface area contributed by atoms with Gasteiger partial charge in [-0.2, -0.15) is 0 Å². The number of carbonyl (C=O) groups excluding carboxylic acids is 1. The predicted molar refractivity (Wildman–Crippen MR) is 203 cm³/mol. The molecular weight excluding hydrogens is 712 g/mol. The summed E-state index contributed by atoms with van der Waals surface area (Å²) in [6.07, 6.45) is -0.0433. The van der Waals surface area contributed by atoms with E-state index >= 15 is 0 Å². The highest BCUT2D eigenvalue weighted by molar-refractivity contribution is 5.89. The molecule has 0 spiro atoms. The summed E-state index contributed by atoms with van der Waals surface area (Å²) in [5.41, 5.74) is 2.86. The summed E-state index contributed by atoms with van der Waals surface area (Å²) in [6, 6.07) is 27.6. The molecule has 3 atom stereocenters. The van der Waals surface area contributed by atoms with Crippen LogP contribution in [0.4, 0.5) is 4.79 Å². The second-order valence-corrected chi connectivity index (χ2v) is 12.9. The van der Waals surface area contributed by atoms with Crippen LogP contribution in [-0.2, 0) is 41.7 Å². The van der Waals surface area contributed by atoms with Crippen LogP contribution in [0, 0.1) is 10.1 Å². The molecule has 1 amide bonds. The Morgan fingerprint density at radius 3 is 2.27 bits per heavy atom. The normalized spacial score (nSPS) is 16.8. The van der Waals surface area contributed by atoms with Crippen molar-refractivity contribution in [2.45, 2.75) is 50.6 Å². The highest BCUT2D eigenvalue weighted by atomic mass is 16.9. The average molecular weight is 763 g/mol. The zero-order valence-corrected chi connectivity index (χ0v) is 31.6. The fourth-order valence-corrected chi connectivity index (χ4v) is 6.55. The van der Waals surface area contributed by atoms with Crippen LogP contribution < -0.4 is 14.2 Å². The number of likely N-dealkylation sites (tertiary alicyclic amines) is 1. The molecule has 1 saturated heterocycles. The minimum atomic E-state index is -0.839. The monoisotopic (exact) mass is 762 g/mol. The number of piperidine rings is 1. The Bertz CT molecular complexity index is 1790. The number of methoxy groups -OCH3 is 3. The molecule has 4 aromatic carbocycles. The summed E-state index contributed by atoms with van der Waals surface area (Å²) >= 11 is 0. The minimum Gasteiger partial charge on any atom is -0.496 e. The summed E-state index contributed by atoms with van der Waals surface area (Å²) in [5.74, 6) is 1.98. The predicted octanol–water partition coefficient (Wildman–Crippen LogP) is 6.94. The van der Waals surface area contributed by atoms with Crippen molar-refractivity contribution in [2.24, 2.45) is 0 Å². The summed E-state index contributed by atoms with van der Waals surface area (Å²) in [7, 11) is 4.84. The third-order valence-electron chi connectivity index (χ3n) is 9.21. The lowest BCUT2D eigenvalue weighted by molar-refractivity contribution is -0.757. The highest BCUT2D eigenvalue weighted by Crippen LogP contribution is 2.35. The number of para-hydroxylation sites is 1. The number of rotatable bonds is 22. The Kier molecular flexibility index (Phi) is 16.2. The lowest BCUT2D eigenvalue weighted by Crippen LogP contribution is -2.54. The largest absolute Gasteiger partial charge is 0.496 e. The van der Waals surface area contributed by atoms with Gasteiger partial charge in [0.25, 0.3) is 5.09 Å². The van der Waals surface area contributed by atoms with Crippen molar-refractivity contribution in [3.8, 4) is 17.2 Å². The van der Waals surface area contributed by atoms with E-state index in [1.165, 1.54) is 0 Å². The molecule has 14 nitrogen and oxygen atoms in total. The van der Waals surface area contributed by atoms with Crippen LogP contribution in [0.2, 0.25) is 0 Å². The van der Waals surface area contributed by atoms with Gasteiger partial charge >= 0.3 is 6.09 Å². The Morgan fingerprint density at radius 2 is 1.51 bits per heavy atom. The summed E-state index contributed by atoms with van der Waals surface area (Å²) < 4.78 is 46.7. The van der Waals surface area contributed by atoms with Crippen molar-refractivity contribution in [3.63, 3.8) is 0 Å². The van der Waals surface area contributed by atoms with Crippen molar-refractivity contribution in [1.29, 1.82) is 0 Å². The van der Waals surface area contributed by atoms with Crippen molar-refractivity contribution in [1.82, 2.24) is 4.90 Å². The summed E-state index contributed by atoms with van der Waals surface area (Å²) in [4.78, 5) is 29.7. The van der Waals surface area contributed by atoms with Crippen LogP contribution in [0.3, 0.4) is 0 Å². The SMILES string of the molecule is COCOC1CN(C(=O)OCCCCO[N+](=O)[O-])CC(OCc2cc(OC)c3ccccc3c2)C1c1ccc(OCCCOCc2ccccc2OC)cc1. The van der Waals surface area contributed by atoms with Crippen LogP contribution in [0.25, 0.3) is 10.8 Å². The first-order valence-electron chi connectivity index (χ1n) is 18.3. The Morgan fingerprint density at radius 1 is 0.782 bits per heavy atom. The van der Waals surface area contributed by atoms with Gasteiger partial charge in [0.2, 0.25) is 0 Å². The average Bonchev–Trinajstić information content (AvgIpc) is 3.21. The molecule has 0 aromatic heterocycles. The van der Waals surface area contributed by atoms with E-state index in [9.17, 15) is 14.9 Å². The second-order valence-electron chi connectivity index (χ2n) is 12.9. The first-order valence-corrected chi connectivity index (χ1v) is 18.3. The maximum absolute atomic E-state index is 13.3. The number of hydrogen-bond donors (Lipinski definition) is 0. The van der Waals surface area contributed by atoms with Crippen LogP contribution in [0.5, 0.6) is 17.2 Å². The molecule has 1 fully saturated rings. The van der Waals surface area contributed by atoms with Crippen LogP contribution in [-0.4, -0.2) is 95.9 Å². The zero-order chi connectivity index (χ0) is 38.8. The molecule has 1 aliphatic heterocycles. The molecule has 0 radical (unpaired) electrons. The number of fused-ring (bicyclic) bond motifs is 1. The van der Waals surface area contributed by atoms with Gasteiger partial charge in [-0.3, -0.25) is 0 Å². The Balaban J connectivity index is 1.26. The van der Waals surface area contributed by atoms with E-state index in [1.54, 1.807) is 26.2 Å². The van der Waals surface area contributed by atoms with E-state index < -0.39 is 23.4 Å². The van der Waals surface area contributed by atoms with Gasteiger partial charge < -0.3 is 47.6 Å². The van der Waals surface area contributed by atoms with Crippen molar-refractivity contribution in [3.05, 3.63) is 112 Å². The third kappa shape index (κ3) is 12.2. The number of ether oxygens (including phenoxy) is 8. The first-order chi connectivity index (χ1) is 26.9. The molecule has 0 bridgehead atoms. The van der Waals surface area contributed by atoms with Gasteiger partial charge in [0, 0.05) is 30.4 Å². The third-order valence-corrected chi connectivity index (χ3v) is 9.21. The summed E-state index contributed by atoms with van der Waals surface area (Å²) in [5, 5.41) is 11.6. The van der Waals surface area contributed by atoms with Gasteiger partial charge in [-0.25, -0.2) is 4.79 Å². The molecule has 3 unspecified atom stereocenters. The summed E-state index contributed by atoms with van der Waals surface area (Å²) in [6.45, 7) is 2.22. The lowest BCUT2D eigenvalue weighted by Gasteiger charge is -2.43. The van der Waals surface area contributed by atoms with Gasteiger partial charge in [-0.05, 0) is 59.7 Å². The van der Waals surface area contributed by atoms with E-state index in [1.807, 2.05) is 78.9 Å². The van der Waals surface area contributed by atoms with E-state index in [-0.39, 0.29) is 45.6 Å². The molecule has 5 rings (SSSR count). The maximum atomic E-state index is 13.3. The zero-order valence-electron chi connectivity index (χ0n) is 31.6.